The predicted octanol–water partition coefficient (Wildman–Crippen LogP) is 3.24. The normalized spacial score (nSPS) is 10.9. The van der Waals surface area contributed by atoms with Crippen LogP contribution in [0.5, 0.6) is 0 Å². The molecule has 33 heavy (non-hydrogen) atoms. The number of benzene rings is 2. The molecule has 0 spiro atoms. The van der Waals surface area contributed by atoms with E-state index in [4.69, 9.17) is 16.0 Å². The highest BCUT2D eigenvalue weighted by atomic mass is 35.5. The monoisotopic (exact) mass is 464 g/mol. The lowest BCUT2D eigenvalue weighted by Crippen LogP contribution is -2.46. The van der Waals surface area contributed by atoms with Crippen molar-refractivity contribution in [2.24, 2.45) is 0 Å². The van der Waals surface area contributed by atoms with E-state index >= 15 is 0 Å². The van der Waals surface area contributed by atoms with E-state index in [1.54, 1.807) is 30.3 Å². The van der Waals surface area contributed by atoms with Gasteiger partial charge in [-0.2, -0.15) is 9.78 Å². The number of halogens is 1. The molecule has 2 heterocycles. The van der Waals surface area contributed by atoms with Gasteiger partial charge in [0.05, 0.1) is 25.0 Å². The van der Waals surface area contributed by atoms with Gasteiger partial charge in [0.15, 0.2) is 0 Å². The maximum atomic E-state index is 13.3. The van der Waals surface area contributed by atoms with Crippen LogP contribution in [0.3, 0.4) is 0 Å². The largest absolute Gasteiger partial charge is 0.467 e. The van der Waals surface area contributed by atoms with Crippen molar-refractivity contribution in [3.63, 3.8) is 0 Å². The summed E-state index contributed by atoms with van der Waals surface area (Å²) in [5.41, 5.74) is 1.02. The van der Waals surface area contributed by atoms with Crippen molar-refractivity contribution in [2.75, 3.05) is 0 Å². The van der Waals surface area contributed by atoms with Gasteiger partial charge in [0, 0.05) is 5.02 Å². The molecule has 4 rings (SSSR count). The number of aromatic nitrogens is 3. The molecule has 0 fully saturated rings. The second-order valence-electron chi connectivity index (χ2n) is 7.62. The van der Waals surface area contributed by atoms with Gasteiger partial charge in [-0.05, 0) is 49.2 Å². The highest BCUT2D eigenvalue weighted by Crippen LogP contribution is 2.18. The summed E-state index contributed by atoms with van der Waals surface area (Å²) in [6.45, 7) is 3.80. The zero-order chi connectivity index (χ0) is 23.5. The van der Waals surface area contributed by atoms with E-state index in [1.807, 2.05) is 38.1 Å². The predicted molar refractivity (Wildman–Crippen MR) is 124 cm³/mol. The number of nitrogens with zero attached hydrogens (tertiary/aromatic N) is 3. The molecule has 0 aliphatic carbocycles. The Kier molecular flexibility index (Phi) is 6.28. The van der Waals surface area contributed by atoms with Crippen molar-refractivity contribution in [1.82, 2.24) is 19.7 Å². The maximum absolute atomic E-state index is 13.3. The van der Waals surface area contributed by atoms with Crippen molar-refractivity contribution < 1.29 is 9.21 Å². The lowest BCUT2D eigenvalue weighted by atomic mass is 10.1. The van der Waals surface area contributed by atoms with Gasteiger partial charge in [0.1, 0.15) is 5.76 Å². The van der Waals surface area contributed by atoms with E-state index in [0.717, 1.165) is 25.9 Å². The SMILES string of the molecule is Cc1cccc(Cn2c(=O)c(C(=O)NCc3ccco3)nn(-c3ccc(C)c(Cl)c3)c2=O)c1. The molecular formula is C24H21ClN4O4. The third-order valence-electron chi connectivity index (χ3n) is 5.10. The fourth-order valence-corrected chi connectivity index (χ4v) is 3.51. The van der Waals surface area contributed by atoms with Crippen molar-refractivity contribution in [3.8, 4) is 5.69 Å². The molecule has 0 unspecified atom stereocenters. The van der Waals surface area contributed by atoms with Gasteiger partial charge in [-0.1, -0.05) is 47.5 Å². The maximum Gasteiger partial charge on any atom is 0.352 e. The molecule has 0 saturated carbocycles. The zero-order valence-corrected chi connectivity index (χ0v) is 18.8. The van der Waals surface area contributed by atoms with Gasteiger partial charge in [-0.3, -0.25) is 14.2 Å². The standard InChI is InChI=1S/C24H21ClN4O4/c1-15-5-3-6-17(11-15)14-28-23(31)21(22(30)26-13-19-7-4-10-33-19)27-29(24(28)32)18-9-8-16(2)20(25)12-18/h3-12H,13-14H2,1-2H3,(H,26,30). The topological polar surface area (TPSA) is 99.1 Å². The number of hydrogen-bond donors (Lipinski definition) is 1. The zero-order valence-electron chi connectivity index (χ0n) is 18.0. The van der Waals surface area contributed by atoms with Gasteiger partial charge >= 0.3 is 5.69 Å². The van der Waals surface area contributed by atoms with Crippen LogP contribution < -0.4 is 16.6 Å². The summed E-state index contributed by atoms with van der Waals surface area (Å²) in [5.74, 6) is -0.205. The first-order valence-electron chi connectivity index (χ1n) is 10.2. The van der Waals surface area contributed by atoms with Crippen LogP contribution in [0.15, 0.2) is 74.9 Å². The van der Waals surface area contributed by atoms with Crippen LogP contribution in [-0.4, -0.2) is 20.3 Å². The summed E-state index contributed by atoms with van der Waals surface area (Å²) < 4.78 is 7.23. The second kappa shape index (κ2) is 9.30. The van der Waals surface area contributed by atoms with Crippen molar-refractivity contribution in [2.45, 2.75) is 26.9 Å². The molecule has 9 heteroatoms. The first kappa shape index (κ1) is 22.3. The number of amides is 1. The van der Waals surface area contributed by atoms with E-state index < -0.39 is 22.9 Å². The average Bonchev–Trinajstić information content (AvgIpc) is 3.31. The summed E-state index contributed by atoms with van der Waals surface area (Å²) in [4.78, 5) is 39.3. The van der Waals surface area contributed by atoms with E-state index in [2.05, 4.69) is 10.4 Å². The number of hydrogen-bond acceptors (Lipinski definition) is 5. The molecule has 0 aliphatic heterocycles. The van der Waals surface area contributed by atoms with Crippen molar-refractivity contribution in [1.29, 1.82) is 0 Å². The highest BCUT2D eigenvalue weighted by Gasteiger charge is 2.21. The Morgan fingerprint density at radius 1 is 1.09 bits per heavy atom. The molecule has 0 bridgehead atoms. The summed E-state index contributed by atoms with van der Waals surface area (Å²) in [5, 5.41) is 7.15. The summed E-state index contributed by atoms with van der Waals surface area (Å²) in [6.07, 6.45) is 1.48. The van der Waals surface area contributed by atoms with Crippen LogP contribution in [0.2, 0.25) is 5.02 Å². The van der Waals surface area contributed by atoms with Crippen LogP contribution in [-0.2, 0) is 13.1 Å². The first-order chi connectivity index (χ1) is 15.8. The number of carbonyl (C=O) groups is 1. The first-order valence-corrected chi connectivity index (χ1v) is 10.6. The third-order valence-corrected chi connectivity index (χ3v) is 5.51. The van der Waals surface area contributed by atoms with E-state index in [0.29, 0.717) is 16.5 Å². The molecule has 2 aromatic heterocycles. The number of furan rings is 1. The van der Waals surface area contributed by atoms with Gasteiger partial charge < -0.3 is 9.73 Å². The van der Waals surface area contributed by atoms with Crippen molar-refractivity contribution in [3.05, 3.63) is 115 Å². The Labute approximate surface area is 194 Å². The average molecular weight is 465 g/mol. The molecule has 2 aromatic carbocycles. The summed E-state index contributed by atoms with van der Waals surface area (Å²) in [6, 6.07) is 15.8. The fourth-order valence-electron chi connectivity index (χ4n) is 3.34. The van der Waals surface area contributed by atoms with Crippen LogP contribution >= 0.6 is 11.6 Å². The van der Waals surface area contributed by atoms with E-state index in [-0.39, 0.29) is 13.1 Å². The molecule has 0 atom stereocenters. The Balaban J connectivity index is 1.82. The minimum absolute atomic E-state index is 0.0140. The Morgan fingerprint density at radius 2 is 1.91 bits per heavy atom. The molecule has 1 N–H and O–H groups in total. The Hall–Kier alpha value is -3.91. The summed E-state index contributed by atoms with van der Waals surface area (Å²) in [7, 11) is 0. The molecule has 0 radical (unpaired) electrons. The summed E-state index contributed by atoms with van der Waals surface area (Å²) >= 11 is 6.24. The van der Waals surface area contributed by atoms with E-state index in [9.17, 15) is 14.4 Å². The quantitative estimate of drug-likeness (QED) is 0.472. The lowest BCUT2D eigenvalue weighted by molar-refractivity contribution is 0.0938. The number of nitrogens with one attached hydrogen (secondary N) is 1. The van der Waals surface area contributed by atoms with Crippen LogP contribution in [0, 0.1) is 13.8 Å². The van der Waals surface area contributed by atoms with Gasteiger partial charge in [0.2, 0.25) is 5.69 Å². The van der Waals surface area contributed by atoms with Crippen LogP contribution in [0.4, 0.5) is 0 Å². The smallest absolute Gasteiger partial charge is 0.352 e. The Bertz CT molecular complexity index is 1440. The van der Waals surface area contributed by atoms with Crippen molar-refractivity contribution >= 4 is 17.5 Å². The van der Waals surface area contributed by atoms with Crippen LogP contribution in [0.25, 0.3) is 5.69 Å². The number of rotatable bonds is 6. The molecule has 8 nitrogen and oxygen atoms in total. The number of carbonyl (C=O) groups excluding carboxylic acids is 1. The molecule has 0 aliphatic rings. The van der Waals surface area contributed by atoms with Crippen LogP contribution in [0.1, 0.15) is 32.9 Å². The highest BCUT2D eigenvalue weighted by molar-refractivity contribution is 6.31. The third kappa shape index (κ3) is 4.80. The minimum Gasteiger partial charge on any atom is -0.467 e. The fraction of sp³-hybridized carbons (Fsp3) is 0.167. The van der Waals surface area contributed by atoms with Gasteiger partial charge in [0.25, 0.3) is 11.5 Å². The van der Waals surface area contributed by atoms with Gasteiger partial charge in [-0.15, -0.1) is 0 Å². The molecule has 1 amide bonds. The minimum atomic E-state index is -0.784. The second-order valence-corrected chi connectivity index (χ2v) is 8.03. The molecular weight excluding hydrogens is 444 g/mol. The van der Waals surface area contributed by atoms with Gasteiger partial charge in [-0.25, -0.2) is 4.79 Å². The van der Waals surface area contributed by atoms with E-state index in [1.165, 1.54) is 6.26 Å². The number of aryl methyl sites for hydroxylation is 2. The molecule has 0 saturated heterocycles. The molecule has 4 aromatic rings. The lowest BCUT2D eigenvalue weighted by Gasteiger charge is -2.13. The Morgan fingerprint density at radius 3 is 2.61 bits per heavy atom. The molecule has 168 valence electrons.